The lowest BCUT2D eigenvalue weighted by Crippen LogP contribution is -2.29. The number of rotatable bonds is 6. The second-order valence-corrected chi connectivity index (χ2v) is 8.91. The van der Waals surface area contributed by atoms with Crippen LogP contribution in [-0.4, -0.2) is 38.1 Å². The van der Waals surface area contributed by atoms with Gasteiger partial charge in [-0.25, -0.2) is 0 Å². The van der Waals surface area contributed by atoms with Crippen LogP contribution in [0.15, 0.2) is 53.4 Å². The molecule has 1 aliphatic heterocycles. The third-order valence-corrected chi connectivity index (χ3v) is 6.95. The third-order valence-electron chi connectivity index (χ3n) is 5.40. The van der Waals surface area contributed by atoms with E-state index in [4.69, 9.17) is 37.4 Å². The highest BCUT2D eigenvalue weighted by molar-refractivity contribution is 7.10. The highest BCUT2D eigenvalue weighted by Crippen LogP contribution is 2.49. The van der Waals surface area contributed by atoms with Gasteiger partial charge in [0.25, 0.3) is 11.7 Å². The van der Waals surface area contributed by atoms with Crippen molar-refractivity contribution in [3.8, 4) is 17.2 Å². The van der Waals surface area contributed by atoms with Crippen molar-refractivity contribution >= 4 is 57.7 Å². The number of anilines is 1. The lowest BCUT2D eigenvalue weighted by molar-refractivity contribution is -0.132. The number of nitrogens with zero attached hydrogens (tertiary/aromatic N) is 1. The first kappa shape index (κ1) is 23.9. The van der Waals surface area contributed by atoms with Crippen molar-refractivity contribution in [2.24, 2.45) is 0 Å². The van der Waals surface area contributed by atoms with Crippen molar-refractivity contribution in [3.63, 3.8) is 0 Å². The minimum Gasteiger partial charge on any atom is -0.507 e. The molecular weight excluding hydrogens is 501 g/mol. The lowest BCUT2D eigenvalue weighted by Gasteiger charge is -2.25. The molecule has 1 amide bonds. The Labute approximate surface area is 209 Å². The summed E-state index contributed by atoms with van der Waals surface area (Å²) in [7, 11) is 4.22. The van der Waals surface area contributed by atoms with Crippen molar-refractivity contribution < 1.29 is 28.9 Å². The maximum Gasteiger partial charge on any atom is 0.300 e. The molecule has 0 aliphatic carbocycles. The van der Waals surface area contributed by atoms with Crippen LogP contribution in [0.1, 0.15) is 16.5 Å². The number of ketones is 1. The number of ether oxygens (including phenoxy) is 3. The maximum atomic E-state index is 13.3. The van der Waals surface area contributed by atoms with Gasteiger partial charge in [0.05, 0.1) is 43.2 Å². The molecule has 7 nitrogen and oxygen atoms in total. The molecule has 0 radical (unpaired) electrons. The van der Waals surface area contributed by atoms with Gasteiger partial charge in [-0.3, -0.25) is 14.5 Å². The molecular formula is C24H19Cl2NO6S. The van der Waals surface area contributed by atoms with Crippen molar-refractivity contribution in [2.75, 3.05) is 26.2 Å². The number of aliphatic hydroxyl groups excluding tert-OH is 1. The van der Waals surface area contributed by atoms with Crippen molar-refractivity contribution in [1.29, 1.82) is 0 Å². The topological polar surface area (TPSA) is 85.3 Å². The summed E-state index contributed by atoms with van der Waals surface area (Å²) in [6.07, 6.45) is 0. The van der Waals surface area contributed by atoms with Crippen LogP contribution in [0.5, 0.6) is 17.2 Å². The molecule has 2 heterocycles. The van der Waals surface area contributed by atoms with Crippen LogP contribution in [0, 0.1) is 0 Å². The van der Waals surface area contributed by atoms with E-state index < -0.39 is 23.5 Å². The van der Waals surface area contributed by atoms with E-state index in [1.807, 2.05) is 5.38 Å². The van der Waals surface area contributed by atoms with Gasteiger partial charge in [-0.1, -0.05) is 41.4 Å². The maximum absolute atomic E-state index is 13.3. The number of hydrogen-bond acceptors (Lipinski definition) is 7. The van der Waals surface area contributed by atoms with Gasteiger partial charge in [-0.05, 0) is 29.6 Å². The van der Waals surface area contributed by atoms with Gasteiger partial charge in [0.15, 0.2) is 11.5 Å². The van der Waals surface area contributed by atoms with Crippen LogP contribution in [0.25, 0.3) is 5.76 Å². The van der Waals surface area contributed by atoms with Gasteiger partial charge in [0.1, 0.15) is 22.6 Å². The molecule has 1 aliphatic rings. The standard InChI is InChI=1S/C24H19Cl2NO6S/c1-31-15-8-5-4-7-14(15)27-19(16-9-6-10-34-16)17(21(29)24(27)30)20(28)12-11-13(25)23(33-3)18(26)22(12)32-2/h4-11,19,28H,1-3H3/b20-17-. The molecule has 1 atom stereocenters. The molecule has 1 unspecified atom stereocenters. The summed E-state index contributed by atoms with van der Waals surface area (Å²) in [5.74, 6) is -1.55. The smallest absolute Gasteiger partial charge is 0.300 e. The Balaban J connectivity index is 2.01. The molecule has 176 valence electrons. The number of halogens is 2. The summed E-state index contributed by atoms with van der Waals surface area (Å²) in [5.41, 5.74) is 0.314. The Morgan fingerprint density at radius 2 is 1.71 bits per heavy atom. The molecule has 3 aromatic rings. The number of methoxy groups -OCH3 is 3. The zero-order valence-corrected chi connectivity index (χ0v) is 20.6. The number of carbonyl (C=O) groups excluding carboxylic acids is 2. The van der Waals surface area contributed by atoms with E-state index in [-0.39, 0.29) is 32.7 Å². The Hall–Kier alpha value is -3.20. The first-order chi connectivity index (χ1) is 16.3. The SMILES string of the molecule is COc1ccccc1N1C(=O)C(=O)/C(=C(\O)c2cc(Cl)c(OC)c(Cl)c2OC)C1c1cccs1. The Bertz CT molecular complexity index is 1310. The molecule has 0 saturated carbocycles. The quantitative estimate of drug-likeness (QED) is 0.255. The molecule has 1 fully saturated rings. The van der Waals surface area contributed by atoms with Crippen LogP contribution in [0.4, 0.5) is 5.69 Å². The number of carbonyl (C=O) groups is 2. The summed E-state index contributed by atoms with van der Waals surface area (Å²) >= 11 is 14.0. The van der Waals surface area contributed by atoms with Crippen molar-refractivity contribution in [2.45, 2.75) is 6.04 Å². The summed E-state index contributed by atoms with van der Waals surface area (Å²) < 4.78 is 16.0. The van der Waals surface area contributed by atoms with Crippen LogP contribution >= 0.6 is 34.5 Å². The first-order valence-corrected chi connectivity index (χ1v) is 11.6. The fourth-order valence-corrected chi connectivity index (χ4v) is 5.43. The number of thiophene rings is 1. The number of aliphatic hydroxyl groups is 1. The molecule has 0 spiro atoms. The summed E-state index contributed by atoms with van der Waals surface area (Å²) in [6, 6.07) is 10.9. The predicted octanol–water partition coefficient (Wildman–Crippen LogP) is 5.71. The summed E-state index contributed by atoms with van der Waals surface area (Å²) in [4.78, 5) is 28.6. The van der Waals surface area contributed by atoms with E-state index in [1.165, 1.54) is 43.6 Å². The average molecular weight is 520 g/mol. The second kappa shape index (κ2) is 9.58. The fraction of sp³-hybridized carbons (Fsp3) is 0.167. The van der Waals surface area contributed by atoms with Gasteiger partial charge in [0.2, 0.25) is 0 Å². The summed E-state index contributed by atoms with van der Waals surface area (Å²) in [5, 5.41) is 13.3. The number of para-hydroxylation sites is 2. The minimum atomic E-state index is -0.916. The van der Waals surface area contributed by atoms with Crippen LogP contribution < -0.4 is 19.1 Å². The Kier molecular flexibility index (Phi) is 6.74. The van der Waals surface area contributed by atoms with Crippen LogP contribution in [0.2, 0.25) is 10.0 Å². The highest BCUT2D eigenvalue weighted by atomic mass is 35.5. The normalized spacial score (nSPS) is 17.2. The third kappa shape index (κ3) is 3.77. The van der Waals surface area contributed by atoms with E-state index >= 15 is 0 Å². The molecule has 10 heteroatoms. The second-order valence-electron chi connectivity index (χ2n) is 7.14. The van der Waals surface area contributed by atoms with Gasteiger partial charge in [0, 0.05) is 4.88 Å². The van der Waals surface area contributed by atoms with Crippen LogP contribution in [0.3, 0.4) is 0 Å². The van der Waals surface area contributed by atoms with Gasteiger partial charge < -0.3 is 19.3 Å². The molecule has 1 saturated heterocycles. The molecule has 4 rings (SSSR count). The number of benzene rings is 2. The zero-order valence-electron chi connectivity index (χ0n) is 18.3. The van der Waals surface area contributed by atoms with E-state index in [9.17, 15) is 14.7 Å². The van der Waals surface area contributed by atoms with Crippen molar-refractivity contribution in [1.82, 2.24) is 0 Å². The van der Waals surface area contributed by atoms with E-state index in [2.05, 4.69) is 0 Å². The average Bonchev–Trinajstić information content (AvgIpc) is 3.45. The Morgan fingerprint density at radius 1 is 1.00 bits per heavy atom. The Morgan fingerprint density at radius 3 is 2.32 bits per heavy atom. The minimum absolute atomic E-state index is 0.0191. The number of amides is 1. The largest absolute Gasteiger partial charge is 0.507 e. The van der Waals surface area contributed by atoms with Crippen molar-refractivity contribution in [3.05, 3.63) is 73.9 Å². The summed E-state index contributed by atoms with van der Waals surface area (Å²) in [6.45, 7) is 0. The van der Waals surface area contributed by atoms with E-state index in [1.54, 1.807) is 36.4 Å². The van der Waals surface area contributed by atoms with Gasteiger partial charge in [-0.2, -0.15) is 0 Å². The monoisotopic (exact) mass is 519 g/mol. The first-order valence-electron chi connectivity index (χ1n) is 9.93. The van der Waals surface area contributed by atoms with Gasteiger partial charge >= 0.3 is 0 Å². The number of Topliss-reactive ketones (excluding diaryl/α,β-unsaturated/α-hetero) is 1. The molecule has 34 heavy (non-hydrogen) atoms. The molecule has 1 aromatic heterocycles. The lowest BCUT2D eigenvalue weighted by atomic mass is 9.99. The van der Waals surface area contributed by atoms with E-state index in [0.29, 0.717) is 16.3 Å². The van der Waals surface area contributed by atoms with E-state index in [0.717, 1.165) is 0 Å². The predicted molar refractivity (Wildman–Crippen MR) is 132 cm³/mol. The molecule has 1 N–H and O–H groups in total. The molecule has 0 bridgehead atoms. The zero-order chi connectivity index (χ0) is 24.6. The van der Waals surface area contributed by atoms with Crippen LogP contribution in [-0.2, 0) is 9.59 Å². The van der Waals surface area contributed by atoms with Gasteiger partial charge in [-0.15, -0.1) is 11.3 Å². The number of hydrogen-bond donors (Lipinski definition) is 1. The fourth-order valence-electron chi connectivity index (χ4n) is 3.92. The highest BCUT2D eigenvalue weighted by Gasteiger charge is 2.48. The molecule has 2 aromatic carbocycles.